The van der Waals surface area contributed by atoms with Gasteiger partial charge in [-0.1, -0.05) is 0 Å². The largest absolute Gasteiger partial charge is 0.359 e. The molecule has 1 amide bonds. The number of amides is 1. The number of carbonyl (C=O) groups excluding carboxylic acids is 1. The smallest absolute Gasteiger partial charge is 0.224 e. The summed E-state index contributed by atoms with van der Waals surface area (Å²) in [4.78, 5) is 27.4. The molecule has 0 aliphatic carbocycles. The summed E-state index contributed by atoms with van der Waals surface area (Å²) in [6.45, 7) is 8.29. The summed E-state index contributed by atoms with van der Waals surface area (Å²) in [5.74, 6) is 1.15. The number of fused-ring (bicyclic) bond motifs is 1. The van der Waals surface area contributed by atoms with E-state index in [1.807, 2.05) is 11.9 Å². The van der Waals surface area contributed by atoms with E-state index in [1.54, 1.807) is 17.7 Å². The van der Waals surface area contributed by atoms with Gasteiger partial charge in [0.25, 0.3) is 0 Å². The second kappa shape index (κ2) is 6.80. The van der Waals surface area contributed by atoms with Crippen molar-refractivity contribution in [1.29, 1.82) is 0 Å². The van der Waals surface area contributed by atoms with Crippen molar-refractivity contribution in [2.75, 3.05) is 44.7 Å². The average molecular weight is 333 g/mol. The number of aryl methyl sites for hydroxylation is 2. The fourth-order valence-electron chi connectivity index (χ4n) is 2.89. The molecule has 1 fully saturated rings. The lowest BCUT2D eigenvalue weighted by molar-refractivity contribution is -0.131. The van der Waals surface area contributed by atoms with Crippen LogP contribution in [0.1, 0.15) is 16.9 Å². The molecule has 1 aliphatic rings. The molecule has 1 saturated heterocycles. The highest BCUT2D eigenvalue weighted by Crippen LogP contribution is 2.33. The van der Waals surface area contributed by atoms with Crippen molar-refractivity contribution < 1.29 is 4.79 Å². The first kappa shape index (κ1) is 16.1. The van der Waals surface area contributed by atoms with Crippen LogP contribution in [-0.2, 0) is 4.79 Å². The van der Waals surface area contributed by atoms with Gasteiger partial charge < -0.3 is 15.1 Å². The number of aromatic nitrogens is 2. The Morgan fingerprint density at radius 1 is 1.35 bits per heavy atom. The minimum absolute atomic E-state index is 0.224. The standard InChI is InChI=1S/C16H23N5OS/c1-11-12(2)23-16-14(11)15(18-10-19-16)20(3)7-4-13(22)21-8-5-17-6-9-21/h10,17H,4-9H2,1-3H3. The van der Waals surface area contributed by atoms with Gasteiger partial charge in [0.1, 0.15) is 17.0 Å². The van der Waals surface area contributed by atoms with Crippen LogP contribution in [0.5, 0.6) is 0 Å². The molecule has 0 aromatic carbocycles. The highest BCUT2D eigenvalue weighted by Gasteiger charge is 2.18. The van der Waals surface area contributed by atoms with Gasteiger partial charge in [0.15, 0.2) is 0 Å². The molecule has 0 bridgehead atoms. The summed E-state index contributed by atoms with van der Waals surface area (Å²) in [5.41, 5.74) is 1.24. The lowest BCUT2D eigenvalue weighted by atomic mass is 10.2. The number of rotatable bonds is 4. The first-order valence-corrected chi connectivity index (χ1v) is 8.80. The maximum Gasteiger partial charge on any atom is 0.224 e. The molecule has 0 spiro atoms. The number of thiophene rings is 1. The van der Waals surface area contributed by atoms with E-state index in [0.717, 1.165) is 42.2 Å². The van der Waals surface area contributed by atoms with Crippen molar-refractivity contribution in [1.82, 2.24) is 20.2 Å². The third-order valence-corrected chi connectivity index (χ3v) is 5.55. The molecule has 3 rings (SSSR count). The van der Waals surface area contributed by atoms with Gasteiger partial charge in [-0.05, 0) is 19.4 Å². The summed E-state index contributed by atoms with van der Waals surface area (Å²) in [5, 5.41) is 4.39. The fourth-order valence-corrected chi connectivity index (χ4v) is 3.89. The highest BCUT2D eigenvalue weighted by molar-refractivity contribution is 7.18. The van der Waals surface area contributed by atoms with Gasteiger partial charge in [-0.25, -0.2) is 9.97 Å². The normalized spacial score (nSPS) is 15.2. The Hall–Kier alpha value is -1.73. The zero-order valence-corrected chi connectivity index (χ0v) is 14.7. The number of hydrogen-bond donors (Lipinski definition) is 1. The predicted molar refractivity (Wildman–Crippen MR) is 94.2 cm³/mol. The third kappa shape index (κ3) is 3.30. The molecule has 1 N–H and O–H groups in total. The third-order valence-electron chi connectivity index (χ3n) is 4.44. The van der Waals surface area contributed by atoms with Gasteiger partial charge in [-0.15, -0.1) is 11.3 Å². The maximum absolute atomic E-state index is 12.3. The Morgan fingerprint density at radius 2 is 2.09 bits per heavy atom. The van der Waals surface area contributed by atoms with Crippen molar-refractivity contribution in [3.8, 4) is 0 Å². The SMILES string of the molecule is Cc1sc2ncnc(N(C)CCC(=O)N3CCNCC3)c2c1C. The second-order valence-electron chi connectivity index (χ2n) is 5.96. The van der Waals surface area contributed by atoms with Crippen LogP contribution in [0, 0.1) is 13.8 Å². The van der Waals surface area contributed by atoms with Crippen molar-refractivity contribution in [2.45, 2.75) is 20.3 Å². The predicted octanol–water partition coefficient (Wildman–Crippen LogP) is 1.57. The summed E-state index contributed by atoms with van der Waals surface area (Å²) in [6.07, 6.45) is 2.13. The summed E-state index contributed by atoms with van der Waals surface area (Å²) in [7, 11) is 2.00. The zero-order chi connectivity index (χ0) is 16.4. The van der Waals surface area contributed by atoms with Gasteiger partial charge in [-0.3, -0.25) is 4.79 Å². The highest BCUT2D eigenvalue weighted by atomic mass is 32.1. The van der Waals surface area contributed by atoms with Crippen LogP contribution in [-0.4, -0.2) is 60.5 Å². The maximum atomic E-state index is 12.3. The average Bonchev–Trinajstić information content (AvgIpc) is 2.87. The van der Waals surface area contributed by atoms with Crippen LogP contribution in [0.4, 0.5) is 5.82 Å². The number of nitrogens with zero attached hydrogens (tertiary/aromatic N) is 4. The molecule has 6 nitrogen and oxygen atoms in total. The second-order valence-corrected chi connectivity index (χ2v) is 7.17. The number of nitrogens with one attached hydrogen (secondary N) is 1. The van der Waals surface area contributed by atoms with E-state index in [-0.39, 0.29) is 5.91 Å². The van der Waals surface area contributed by atoms with Gasteiger partial charge >= 0.3 is 0 Å². The molecule has 0 unspecified atom stereocenters. The number of hydrogen-bond acceptors (Lipinski definition) is 6. The first-order chi connectivity index (χ1) is 11.1. The monoisotopic (exact) mass is 333 g/mol. The molecule has 0 saturated carbocycles. The van der Waals surface area contributed by atoms with Gasteiger partial charge in [0.2, 0.25) is 5.91 Å². The Labute approximate surface area is 140 Å². The minimum Gasteiger partial charge on any atom is -0.359 e. The molecule has 23 heavy (non-hydrogen) atoms. The van der Waals surface area contributed by atoms with E-state index in [0.29, 0.717) is 13.0 Å². The lowest BCUT2D eigenvalue weighted by Gasteiger charge is -2.28. The summed E-state index contributed by atoms with van der Waals surface area (Å²) >= 11 is 1.70. The molecule has 3 heterocycles. The van der Waals surface area contributed by atoms with Gasteiger partial charge in [0.05, 0.1) is 5.39 Å². The van der Waals surface area contributed by atoms with Gasteiger partial charge in [0, 0.05) is 51.1 Å². The van der Waals surface area contributed by atoms with Crippen molar-refractivity contribution in [3.05, 3.63) is 16.8 Å². The van der Waals surface area contributed by atoms with E-state index >= 15 is 0 Å². The zero-order valence-electron chi connectivity index (χ0n) is 13.9. The van der Waals surface area contributed by atoms with Crippen LogP contribution in [0.15, 0.2) is 6.33 Å². The van der Waals surface area contributed by atoms with Crippen LogP contribution in [0.25, 0.3) is 10.2 Å². The van der Waals surface area contributed by atoms with Gasteiger partial charge in [-0.2, -0.15) is 0 Å². The summed E-state index contributed by atoms with van der Waals surface area (Å²) < 4.78 is 0. The summed E-state index contributed by atoms with van der Waals surface area (Å²) in [6, 6.07) is 0. The molecule has 124 valence electrons. The van der Waals surface area contributed by atoms with E-state index in [4.69, 9.17) is 0 Å². The van der Waals surface area contributed by atoms with Crippen LogP contribution >= 0.6 is 11.3 Å². The molecular formula is C16H23N5OS. The Bertz CT molecular complexity index is 708. The van der Waals surface area contributed by atoms with Crippen molar-refractivity contribution in [2.24, 2.45) is 0 Å². The van der Waals surface area contributed by atoms with Crippen LogP contribution in [0.3, 0.4) is 0 Å². The Kier molecular flexibility index (Phi) is 4.77. The molecule has 2 aromatic heterocycles. The van der Waals surface area contributed by atoms with Crippen molar-refractivity contribution in [3.63, 3.8) is 0 Å². The molecule has 0 radical (unpaired) electrons. The Balaban J connectivity index is 1.71. The van der Waals surface area contributed by atoms with Crippen LogP contribution in [0.2, 0.25) is 0 Å². The topological polar surface area (TPSA) is 61.4 Å². The molecule has 2 aromatic rings. The van der Waals surface area contributed by atoms with E-state index in [9.17, 15) is 4.79 Å². The van der Waals surface area contributed by atoms with Crippen molar-refractivity contribution >= 4 is 33.3 Å². The minimum atomic E-state index is 0.224. The lowest BCUT2D eigenvalue weighted by Crippen LogP contribution is -2.47. The number of anilines is 1. The van der Waals surface area contributed by atoms with E-state index in [1.165, 1.54) is 10.4 Å². The van der Waals surface area contributed by atoms with Crippen LogP contribution < -0.4 is 10.2 Å². The first-order valence-electron chi connectivity index (χ1n) is 7.98. The molecule has 0 atom stereocenters. The van der Waals surface area contributed by atoms with E-state index in [2.05, 4.69) is 34.0 Å². The fraction of sp³-hybridized carbons (Fsp3) is 0.562. The molecule has 1 aliphatic heterocycles. The van der Waals surface area contributed by atoms with E-state index < -0.39 is 0 Å². The quantitative estimate of drug-likeness (QED) is 0.920. The molecule has 7 heteroatoms. The Morgan fingerprint density at radius 3 is 2.83 bits per heavy atom. The number of piperazine rings is 1. The number of carbonyl (C=O) groups is 1. The molecular weight excluding hydrogens is 310 g/mol.